The van der Waals surface area contributed by atoms with Gasteiger partial charge in [-0.05, 0) is 36.8 Å². The fourth-order valence-corrected chi connectivity index (χ4v) is 4.25. The molecule has 0 saturated heterocycles. The maximum atomic E-state index is 12.8. The number of aromatic nitrogens is 1. The molecule has 4 rings (SSSR count). The quantitative estimate of drug-likeness (QED) is 0.526. The van der Waals surface area contributed by atoms with Crippen LogP contribution in [0.3, 0.4) is 0 Å². The molecule has 3 N–H and O–H groups in total. The number of alkyl halides is 3. The number of carbonyl (C=O) groups excluding carboxylic acids is 1. The van der Waals surface area contributed by atoms with Crippen molar-refractivity contribution in [2.45, 2.75) is 19.1 Å². The highest BCUT2D eigenvalue weighted by Crippen LogP contribution is 2.38. The Morgan fingerprint density at radius 1 is 1.13 bits per heavy atom. The molecule has 1 aromatic heterocycles. The summed E-state index contributed by atoms with van der Waals surface area (Å²) in [6.45, 7) is 1.75. The maximum absolute atomic E-state index is 12.8. The molecule has 1 aliphatic heterocycles. The van der Waals surface area contributed by atoms with Gasteiger partial charge in [0.1, 0.15) is 10.8 Å². The van der Waals surface area contributed by atoms with Crippen molar-refractivity contribution in [1.82, 2.24) is 15.6 Å². The van der Waals surface area contributed by atoms with Gasteiger partial charge in [0.25, 0.3) is 0 Å². The molecule has 0 fully saturated rings. The van der Waals surface area contributed by atoms with Crippen molar-refractivity contribution in [2.75, 3.05) is 0 Å². The van der Waals surface area contributed by atoms with Gasteiger partial charge in [-0.25, -0.2) is 9.78 Å². The van der Waals surface area contributed by atoms with Crippen LogP contribution in [-0.4, -0.2) is 16.1 Å². The zero-order chi connectivity index (χ0) is 21.5. The van der Waals surface area contributed by atoms with Gasteiger partial charge < -0.3 is 15.7 Å². The summed E-state index contributed by atoms with van der Waals surface area (Å²) in [5.74, 6) is 0.0712. The van der Waals surface area contributed by atoms with Gasteiger partial charge in [-0.15, -0.1) is 11.3 Å². The molecule has 2 aromatic carbocycles. The third-order valence-electron chi connectivity index (χ3n) is 4.72. The molecule has 0 bridgehead atoms. The number of benzene rings is 2. The van der Waals surface area contributed by atoms with E-state index in [0.717, 1.165) is 17.7 Å². The molecule has 1 atom stereocenters. The molecule has 2 heterocycles. The average Bonchev–Trinajstić information content (AvgIpc) is 3.16. The molecule has 1 aliphatic rings. The number of nitrogens with zero attached hydrogens (tertiary/aromatic N) is 1. The number of rotatable bonds is 3. The Kier molecular flexibility index (Phi) is 4.98. The summed E-state index contributed by atoms with van der Waals surface area (Å²) < 4.78 is 38.4. The van der Waals surface area contributed by atoms with E-state index >= 15 is 0 Å². The van der Waals surface area contributed by atoms with Gasteiger partial charge >= 0.3 is 12.2 Å². The lowest BCUT2D eigenvalue weighted by Gasteiger charge is -2.28. The summed E-state index contributed by atoms with van der Waals surface area (Å²) in [5.41, 5.74) is 2.40. The lowest BCUT2D eigenvalue weighted by atomic mass is 9.96. The third-order valence-corrected chi connectivity index (χ3v) is 5.59. The average molecular weight is 431 g/mol. The Bertz CT molecular complexity index is 1140. The number of urea groups is 1. The van der Waals surface area contributed by atoms with E-state index in [4.69, 9.17) is 0 Å². The highest BCUT2D eigenvalue weighted by molar-refractivity contribution is 7.11. The fraction of sp³-hybridized carbons (Fsp3) is 0.143. The molecule has 0 saturated carbocycles. The summed E-state index contributed by atoms with van der Waals surface area (Å²) >= 11 is 1.32. The molecule has 3 aromatic rings. The van der Waals surface area contributed by atoms with Crippen LogP contribution in [0.4, 0.5) is 18.0 Å². The van der Waals surface area contributed by atoms with E-state index in [1.165, 1.54) is 29.5 Å². The molecule has 0 spiro atoms. The Morgan fingerprint density at radius 3 is 2.53 bits per heavy atom. The first-order valence-electron chi connectivity index (χ1n) is 8.93. The van der Waals surface area contributed by atoms with Crippen LogP contribution in [0.1, 0.15) is 29.1 Å². The number of phenols is 1. The number of amides is 2. The van der Waals surface area contributed by atoms with E-state index in [1.807, 2.05) is 0 Å². The van der Waals surface area contributed by atoms with Crippen molar-refractivity contribution in [3.8, 4) is 17.0 Å². The number of nitrogens with one attached hydrogen (secondary N) is 2. The predicted octanol–water partition coefficient (Wildman–Crippen LogP) is 5.32. The summed E-state index contributed by atoms with van der Waals surface area (Å²) in [5, 5.41) is 17.8. The van der Waals surface area contributed by atoms with Crippen molar-refractivity contribution in [1.29, 1.82) is 0 Å². The van der Waals surface area contributed by atoms with E-state index in [0.29, 0.717) is 27.5 Å². The molecule has 0 aliphatic carbocycles. The van der Waals surface area contributed by atoms with Gasteiger partial charge in [0.2, 0.25) is 0 Å². The smallest absolute Gasteiger partial charge is 0.416 e. The van der Waals surface area contributed by atoms with Gasteiger partial charge in [-0.2, -0.15) is 13.2 Å². The summed E-state index contributed by atoms with van der Waals surface area (Å²) in [7, 11) is 0. The normalized spacial score (nSPS) is 16.9. The van der Waals surface area contributed by atoms with E-state index in [9.17, 15) is 23.1 Å². The summed E-state index contributed by atoms with van der Waals surface area (Å²) in [4.78, 5) is 16.6. The van der Waals surface area contributed by atoms with Crippen LogP contribution in [0.15, 0.2) is 59.6 Å². The Balaban J connectivity index is 1.71. The van der Waals surface area contributed by atoms with Crippen LogP contribution >= 0.6 is 11.3 Å². The number of halogens is 3. The highest BCUT2D eigenvalue weighted by Gasteiger charge is 2.31. The number of hydrogen-bond acceptors (Lipinski definition) is 4. The number of hydrogen-bond donors (Lipinski definition) is 3. The van der Waals surface area contributed by atoms with Crippen LogP contribution in [-0.2, 0) is 6.18 Å². The van der Waals surface area contributed by atoms with Crippen LogP contribution < -0.4 is 10.6 Å². The molecule has 9 heteroatoms. The van der Waals surface area contributed by atoms with Crippen LogP contribution in [0, 0.1) is 0 Å². The van der Waals surface area contributed by atoms with Crippen molar-refractivity contribution < 1.29 is 23.1 Å². The summed E-state index contributed by atoms with van der Waals surface area (Å²) in [6, 6.07) is 10.5. The molecule has 0 radical (unpaired) electrons. The van der Waals surface area contributed by atoms with Crippen LogP contribution in [0.2, 0.25) is 0 Å². The first-order valence-corrected chi connectivity index (χ1v) is 9.81. The van der Waals surface area contributed by atoms with Crippen LogP contribution in [0.5, 0.6) is 5.75 Å². The second-order valence-electron chi connectivity index (χ2n) is 6.78. The predicted molar refractivity (Wildman–Crippen MR) is 108 cm³/mol. The van der Waals surface area contributed by atoms with E-state index in [1.54, 1.807) is 30.5 Å². The monoisotopic (exact) mass is 431 g/mol. The zero-order valence-electron chi connectivity index (χ0n) is 15.6. The molecular weight excluding hydrogens is 415 g/mol. The third kappa shape index (κ3) is 3.88. The summed E-state index contributed by atoms with van der Waals surface area (Å²) in [6.07, 6.45) is -4.39. The lowest BCUT2D eigenvalue weighted by Crippen LogP contribution is -2.42. The highest BCUT2D eigenvalue weighted by atomic mass is 32.1. The van der Waals surface area contributed by atoms with Crippen molar-refractivity contribution in [3.05, 3.63) is 75.7 Å². The topological polar surface area (TPSA) is 74.2 Å². The van der Waals surface area contributed by atoms with Gasteiger partial charge in [-0.1, -0.05) is 24.3 Å². The minimum absolute atomic E-state index is 0.0712. The number of aromatic hydroxyl groups is 1. The first-order chi connectivity index (χ1) is 14.2. The number of allylic oxidation sites excluding steroid dienone is 1. The number of phenolic OH excluding ortho intramolecular Hbond substituents is 1. The second kappa shape index (κ2) is 7.49. The van der Waals surface area contributed by atoms with Gasteiger partial charge in [0.15, 0.2) is 0 Å². The molecule has 30 heavy (non-hydrogen) atoms. The van der Waals surface area contributed by atoms with Crippen LogP contribution in [0.25, 0.3) is 16.8 Å². The minimum Gasteiger partial charge on any atom is -0.508 e. The second-order valence-corrected chi connectivity index (χ2v) is 7.64. The van der Waals surface area contributed by atoms with Gasteiger partial charge in [0.05, 0.1) is 17.3 Å². The fourth-order valence-electron chi connectivity index (χ4n) is 3.29. The number of thiazole rings is 1. The Labute approximate surface area is 173 Å². The van der Waals surface area contributed by atoms with E-state index < -0.39 is 17.8 Å². The van der Waals surface area contributed by atoms with Crippen molar-refractivity contribution in [2.24, 2.45) is 0 Å². The van der Waals surface area contributed by atoms with E-state index in [-0.39, 0.29) is 11.8 Å². The molecule has 1 unspecified atom stereocenters. The molecule has 2 amide bonds. The SMILES string of the molecule is CC1=C(c2nc(-c3ccc(C(F)(F)F)cc3)cs2)C(c2cccc(O)c2)NC(=O)N1. The Morgan fingerprint density at radius 2 is 1.87 bits per heavy atom. The molecule has 5 nitrogen and oxygen atoms in total. The first kappa shape index (κ1) is 20.0. The zero-order valence-corrected chi connectivity index (χ0v) is 16.4. The lowest BCUT2D eigenvalue weighted by molar-refractivity contribution is -0.137. The minimum atomic E-state index is -4.39. The Hall–Kier alpha value is -3.33. The van der Waals surface area contributed by atoms with Crippen molar-refractivity contribution in [3.63, 3.8) is 0 Å². The largest absolute Gasteiger partial charge is 0.508 e. The molecule has 154 valence electrons. The van der Waals surface area contributed by atoms with Gasteiger partial charge in [-0.3, -0.25) is 0 Å². The molecular formula is C21H16F3N3O2S. The maximum Gasteiger partial charge on any atom is 0.416 e. The van der Waals surface area contributed by atoms with Gasteiger partial charge in [0, 0.05) is 22.2 Å². The van der Waals surface area contributed by atoms with E-state index in [2.05, 4.69) is 15.6 Å². The van der Waals surface area contributed by atoms with Crippen molar-refractivity contribution >= 4 is 22.9 Å². The number of carbonyl (C=O) groups is 1. The standard InChI is InChI=1S/C21H16F3N3O2S/c1-11-17(18(27-20(29)25-11)13-3-2-4-15(28)9-13)19-26-16(10-30-19)12-5-7-14(8-6-12)21(22,23)24/h2-10,18,28H,1H3,(H2,25,27,29).